The number of nitrogens with two attached hydrogens (primary N) is 1. The van der Waals surface area contributed by atoms with Crippen molar-refractivity contribution in [2.24, 2.45) is 11.7 Å². The second kappa shape index (κ2) is 6.52. The Morgan fingerprint density at radius 2 is 1.95 bits per heavy atom. The van der Waals surface area contributed by atoms with Crippen molar-refractivity contribution in [2.75, 3.05) is 6.54 Å². The minimum Gasteiger partial charge on any atom is -0.478 e. The molecule has 2 rings (SSSR count). The van der Waals surface area contributed by atoms with Crippen LogP contribution >= 0.6 is 0 Å². The summed E-state index contributed by atoms with van der Waals surface area (Å²) in [6, 6.07) is 6.88. The topological polar surface area (TPSA) is 92.4 Å². The fourth-order valence-corrected chi connectivity index (χ4v) is 2.54. The molecule has 1 aliphatic rings. The molecule has 0 aliphatic heterocycles. The van der Waals surface area contributed by atoms with Gasteiger partial charge in [0.15, 0.2) is 0 Å². The Labute approximate surface area is 118 Å². The van der Waals surface area contributed by atoms with Crippen LogP contribution < -0.4 is 11.1 Å². The monoisotopic (exact) mass is 276 g/mol. The number of carbonyl (C=O) groups is 2. The molecular formula is C15H20N2O3. The summed E-state index contributed by atoms with van der Waals surface area (Å²) in [5.41, 5.74) is 7.08. The smallest absolute Gasteiger partial charge is 0.335 e. The highest BCUT2D eigenvalue weighted by atomic mass is 16.4. The van der Waals surface area contributed by atoms with Gasteiger partial charge in [0.05, 0.1) is 5.56 Å². The number of hydrogen-bond donors (Lipinski definition) is 3. The van der Waals surface area contributed by atoms with E-state index in [2.05, 4.69) is 5.32 Å². The first-order chi connectivity index (χ1) is 9.56. The summed E-state index contributed by atoms with van der Waals surface area (Å²) >= 11 is 0. The predicted molar refractivity (Wildman–Crippen MR) is 75.4 cm³/mol. The van der Waals surface area contributed by atoms with E-state index in [0.29, 0.717) is 13.0 Å². The molecule has 4 N–H and O–H groups in total. The second-order valence-electron chi connectivity index (χ2n) is 5.31. The first-order valence-electron chi connectivity index (χ1n) is 6.92. The Morgan fingerprint density at radius 3 is 2.50 bits per heavy atom. The molecule has 0 spiro atoms. The number of hydrogen-bond acceptors (Lipinski definition) is 3. The lowest BCUT2D eigenvalue weighted by molar-refractivity contribution is -0.124. The van der Waals surface area contributed by atoms with E-state index in [-0.39, 0.29) is 23.4 Å². The Kier molecular flexibility index (Phi) is 4.74. The number of carboxylic acids is 1. The van der Waals surface area contributed by atoms with Gasteiger partial charge in [-0.05, 0) is 43.4 Å². The highest BCUT2D eigenvalue weighted by molar-refractivity contribution is 5.87. The molecule has 0 aromatic heterocycles. The van der Waals surface area contributed by atoms with Crippen molar-refractivity contribution < 1.29 is 14.7 Å². The lowest BCUT2D eigenvalue weighted by atomic mass is 10.1. The molecule has 1 aliphatic carbocycles. The highest BCUT2D eigenvalue weighted by Gasteiger charge is 2.27. The number of benzene rings is 1. The zero-order valence-corrected chi connectivity index (χ0v) is 11.3. The predicted octanol–water partition coefficient (Wildman–Crippen LogP) is 1.17. The van der Waals surface area contributed by atoms with E-state index >= 15 is 0 Å². The van der Waals surface area contributed by atoms with E-state index in [1.165, 1.54) is 0 Å². The average molecular weight is 276 g/mol. The molecule has 1 aromatic rings. The van der Waals surface area contributed by atoms with Crippen molar-refractivity contribution in [1.29, 1.82) is 0 Å². The van der Waals surface area contributed by atoms with E-state index < -0.39 is 5.97 Å². The molecule has 20 heavy (non-hydrogen) atoms. The first-order valence-corrected chi connectivity index (χ1v) is 6.92. The van der Waals surface area contributed by atoms with Crippen molar-refractivity contribution in [3.8, 4) is 0 Å². The fraction of sp³-hybridized carbons (Fsp3) is 0.467. The summed E-state index contributed by atoms with van der Waals surface area (Å²) in [6.45, 7) is 0.566. The van der Waals surface area contributed by atoms with Gasteiger partial charge in [0.2, 0.25) is 5.91 Å². The van der Waals surface area contributed by atoms with Crippen molar-refractivity contribution in [2.45, 2.75) is 31.7 Å². The molecule has 0 bridgehead atoms. The molecule has 1 amide bonds. The number of aromatic carboxylic acids is 1. The SMILES string of the molecule is NC1CCC(C(=O)NCCc2ccc(C(=O)O)cc2)C1. The van der Waals surface area contributed by atoms with E-state index in [9.17, 15) is 9.59 Å². The van der Waals surface area contributed by atoms with Gasteiger partial charge in [-0.1, -0.05) is 12.1 Å². The maximum atomic E-state index is 11.9. The Bertz CT molecular complexity index is 484. The molecular weight excluding hydrogens is 256 g/mol. The number of rotatable bonds is 5. The largest absolute Gasteiger partial charge is 0.478 e. The third-order valence-electron chi connectivity index (χ3n) is 3.76. The standard InChI is InChI=1S/C15H20N2O3/c16-13-6-5-12(9-13)14(18)17-8-7-10-1-3-11(4-2-10)15(19)20/h1-4,12-13H,5-9,16H2,(H,17,18)(H,19,20). The van der Waals surface area contributed by atoms with Gasteiger partial charge in [0, 0.05) is 18.5 Å². The van der Waals surface area contributed by atoms with E-state index in [1.807, 2.05) is 0 Å². The van der Waals surface area contributed by atoms with Gasteiger partial charge in [-0.3, -0.25) is 4.79 Å². The highest BCUT2D eigenvalue weighted by Crippen LogP contribution is 2.23. The summed E-state index contributed by atoms with van der Waals surface area (Å²) < 4.78 is 0. The summed E-state index contributed by atoms with van der Waals surface area (Å²) in [7, 11) is 0. The van der Waals surface area contributed by atoms with E-state index in [0.717, 1.165) is 24.8 Å². The summed E-state index contributed by atoms with van der Waals surface area (Å²) in [4.78, 5) is 22.6. The lowest BCUT2D eigenvalue weighted by Gasteiger charge is -2.10. The van der Waals surface area contributed by atoms with Gasteiger partial charge in [-0.15, -0.1) is 0 Å². The molecule has 0 radical (unpaired) electrons. The summed E-state index contributed by atoms with van der Waals surface area (Å²) in [6.07, 6.45) is 3.28. The van der Waals surface area contributed by atoms with Crippen molar-refractivity contribution >= 4 is 11.9 Å². The fourth-order valence-electron chi connectivity index (χ4n) is 2.54. The van der Waals surface area contributed by atoms with Crippen LogP contribution in [0.25, 0.3) is 0 Å². The van der Waals surface area contributed by atoms with Crippen LogP contribution in [0.1, 0.15) is 35.2 Å². The van der Waals surface area contributed by atoms with Crippen LogP contribution in [-0.4, -0.2) is 29.6 Å². The Morgan fingerprint density at radius 1 is 1.25 bits per heavy atom. The van der Waals surface area contributed by atoms with Gasteiger partial charge >= 0.3 is 5.97 Å². The average Bonchev–Trinajstić information content (AvgIpc) is 2.86. The lowest BCUT2D eigenvalue weighted by Crippen LogP contribution is -2.31. The minimum absolute atomic E-state index is 0.0550. The number of amides is 1. The van der Waals surface area contributed by atoms with Gasteiger partial charge in [0.1, 0.15) is 0 Å². The zero-order valence-electron chi connectivity index (χ0n) is 11.3. The van der Waals surface area contributed by atoms with Gasteiger partial charge in [-0.2, -0.15) is 0 Å². The maximum absolute atomic E-state index is 11.9. The van der Waals surface area contributed by atoms with Crippen LogP contribution in [0.4, 0.5) is 0 Å². The van der Waals surface area contributed by atoms with Gasteiger partial charge < -0.3 is 16.2 Å². The van der Waals surface area contributed by atoms with Gasteiger partial charge in [0.25, 0.3) is 0 Å². The summed E-state index contributed by atoms with van der Waals surface area (Å²) in [5, 5.41) is 11.7. The quantitative estimate of drug-likeness (QED) is 0.752. The van der Waals surface area contributed by atoms with Crippen LogP contribution in [0.2, 0.25) is 0 Å². The molecule has 0 saturated heterocycles. The van der Waals surface area contributed by atoms with Crippen molar-refractivity contribution in [3.05, 3.63) is 35.4 Å². The van der Waals surface area contributed by atoms with Crippen molar-refractivity contribution in [3.63, 3.8) is 0 Å². The molecule has 1 aromatic carbocycles. The molecule has 1 saturated carbocycles. The van der Waals surface area contributed by atoms with Crippen LogP contribution in [0, 0.1) is 5.92 Å². The first kappa shape index (κ1) is 14.5. The normalized spacial score (nSPS) is 21.6. The minimum atomic E-state index is -0.928. The zero-order chi connectivity index (χ0) is 14.5. The van der Waals surface area contributed by atoms with E-state index in [4.69, 9.17) is 10.8 Å². The molecule has 0 heterocycles. The molecule has 5 heteroatoms. The summed E-state index contributed by atoms with van der Waals surface area (Å²) in [5.74, 6) is -0.790. The number of carbonyl (C=O) groups excluding carboxylic acids is 1. The van der Waals surface area contributed by atoms with Crippen LogP contribution in [0.3, 0.4) is 0 Å². The molecule has 108 valence electrons. The molecule has 2 atom stereocenters. The van der Waals surface area contributed by atoms with E-state index in [1.54, 1.807) is 24.3 Å². The third kappa shape index (κ3) is 3.81. The second-order valence-corrected chi connectivity index (χ2v) is 5.31. The van der Waals surface area contributed by atoms with Crippen molar-refractivity contribution in [1.82, 2.24) is 5.32 Å². The Hall–Kier alpha value is -1.88. The van der Waals surface area contributed by atoms with Crippen LogP contribution in [0.5, 0.6) is 0 Å². The van der Waals surface area contributed by atoms with Crippen LogP contribution in [-0.2, 0) is 11.2 Å². The number of nitrogens with one attached hydrogen (secondary N) is 1. The molecule has 1 fully saturated rings. The number of carboxylic acid groups (broad SMARTS) is 1. The van der Waals surface area contributed by atoms with Crippen LogP contribution in [0.15, 0.2) is 24.3 Å². The maximum Gasteiger partial charge on any atom is 0.335 e. The molecule has 2 unspecified atom stereocenters. The third-order valence-corrected chi connectivity index (χ3v) is 3.76. The van der Waals surface area contributed by atoms with Gasteiger partial charge in [-0.25, -0.2) is 4.79 Å². The molecule has 5 nitrogen and oxygen atoms in total. The Balaban J connectivity index is 1.75.